The van der Waals surface area contributed by atoms with Crippen molar-refractivity contribution in [1.82, 2.24) is 4.90 Å². The van der Waals surface area contributed by atoms with E-state index < -0.39 is 0 Å². The fourth-order valence-electron chi connectivity index (χ4n) is 3.48. The molecule has 6 heteroatoms. The molecule has 1 aliphatic rings. The van der Waals surface area contributed by atoms with Gasteiger partial charge in [-0.25, -0.2) is 0 Å². The number of hydrogen-bond donors (Lipinski definition) is 2. The quantitative estimate of drug-likeness (QED) is 0.790. The molecule has 148 valence electrons. The summed E-state index contributed by atoms with van der Waals surface area (Å²) in [4.78, 5) is 26.9. The molecule has 0 unspecified atom stereocenters. The lowest BCUT2D eigenvalue weighted by molar-refractivity contribution is -0.121. The minimum atomic E-state index is -0.0330. The number of nitrogens with zero attached hydrogens (tertiary/aromatic N) is 1. The number of piperidine rings is 1. The van der Waals surface area contributed by atoms with E-state index in [1.54, 1.807) is 24.3 Å². The molecule has 0 radical (unpaired) electrons. The van der Waals surface area contributed by atoms with Gasteiger partial charge in [-0.15, -0.1) is 0 Å². The number of benzene rings is 2. The van der Waals surface area contributed by atoms with Crippen molar-refractivity contribution in [2.45, 2.75) is 26.7 Å². The molecule has 0 aromatic heterocycles. The van der Waals surface area contributed by atoms with Crippen molar-refractivity contribution in [2.75, 3.05) is 30.3 Å². The van der Waals surface area contributed by atoms with Gasteiger partial charge in [-0.05, 0) is 75.7 Å². The Bertz CT molecular complexity index is 843. The molecule has 3 rings (SSSR count). The zero-order chi connectivity index (χ0) is 20.1. The first-order valence-corrected chi connectivity index (χ1v) is 9.94. The molecule has 0 atom stereocenters. The Morgan fingerprint density at radius 1 is 1.04 bits per heavy atom. The Morgan fingerprint density at radius 3 is 2.36 bits per heavy atom. The number of likely N-dealkylation sites (tertiary alicyclic amines) is 1. The average Bonchev–Trinajstić information content (AvgIpc) is 2.66. The fourth-order valence-corrected chi connectivity index (χ4v) is 3.60. The molecule has 0 bridgehead atoms. The van der Waals surface area contributed by atoms with Gasteiger partial charge in [-0.3, -0.25) is 14.5 Å². The van der Waals surface area contributed by atoms with E-state index in [4.69, 9.17) is 11.6 Å². The summed E-state index contributed by atoms with van der Waals surface area (Å²) >= 11 is 5.87. The number of carbonyl (C=O) groups excluding carboxylic acids is 2. The molecule has 28 heavy (non-hydrogen) atoms. The van der Waals surface area contributed by atoms with Crippen LogP contribution in [0.4, 0.5) is 11.4 Å². The minimum Gasteiger partial charge on any atom is -0.326 e. The van der Waals surface area contributed by atoms with Crippen LogP contribution in [0.5, 0.6) is 0 Å². The summed E-state index contributed by atoms with van der Waals surface area (Å²) < 4.78 is 0. The number of rotatable bonds is 5. The first kappa shape index (κ1) is 20.4. The van der Waals surface area contributed by atoms with Crippen LogP contribution in [-0.2, 0) is 9.59 Å². The summed E-state index contributed by atoms with van der Waals surface area (Å²) in [6.07, 6.45) is 1.49. The molecule has 2 N–H and O–H groups in total. The van der Waals surface area contributed by atoms with Crippen LogP contribution in [0.2, 0.25) is 5.02 Å². The van der Waals surface area contributed by atoms with Gasteiger partial charge in [0, 0.05) is 22.3 Å². The summed E-state index contributed by atoms with van der Waals surface area (Å²) in [5.74, 6) is -0.0212. The van der Waals surface area contributed by atoms with Crippen LogP contribution in [0.15, 0.2) is 42.5 Å². The highest BCUT2D eigenvalue weighted by molar-refractivity contribution is 6.30. The largest absolute Gasteiger partial charge is 0.326 e. The van der Waals surface area contributed by atoms with Crippen LogP contribution < -0.4 is 10.6 Å². The van der Waals surface area contributed by atoms with Crippen LogP contribution in [0.3, 0.4) is 0 Å². The Labute approximate surface area is 171 Å². The van der Waals surface area contributed by atoms with E-state index in [9.17, 15) is 9.59 Å². The number of carbonyl (C=O) groups is 2. The molecule has 2 aromatic rings. The second kappa shape index (κ2) is 9.22. The normalized spacial score (nSPS) is 15.2. The molecule has 0 saturated carbocycles. The molecule has 1 saturated heterocycles. The van der Waals surface area contributed by atoms with E-state index in [-0.39, 0.29) is 17.7 Å². The summed E-state index contributed by atoms with van der Waals surface area (Å²) in [5, 5.41) is 6.57. The molecular formula is C22H26ClN3O2. The highest BCUT2D eigenvalue weighted by atomic mass is 35.5. The predicted molar refractivity (Wildman–Crippen MR) is 114 cm³/mol. The zero-order valence-electron chi connectivity index (χ0n) is 16.3. The van der Waals surface area contributed by atoms with Crippen LogP contribution in [-0.4, -0.2) is 36.3 Å². The third-order valence-corrected chi connectivity index (χ3v) is 5.35. The molecule has 1 aliphatic heterocycles. The second-order valence-corrected chi connectivity index (χ2v) is 7.85. The molecule has 2 aromatic carbocycles. The van der Waals surface area contributed by atoms with Crippen molar-refractivity contribution >= 4 is 34.8 Å². The SMILES string of the molecule is Cc1ccc(NC(=O)CN2CCC(C(=O)Nc3ccc(Cl)cc3)CC2)c(C)c1. The minimum absolute atomic E-state index is 0.0176. The number of amides is 2. The molecule has 0 spiro atoms. The topological polar surface area (TPSA) is 61.4 Å². The van der Waals surface area contributed by atoms with E-state index in [1.165, 1.54) is 5.56 Å². The Kier molecular flexibility index (Phi) is 6.70. The fraction of sp³-hybridized carbons (Fsp3) is 0.364. The van der Waals surface area contributed by atoms with E-state index in [0.717, 1.165) is 42.9 Å². The van der Waals surface area contributed by atoms with Crippen LogP contribution in [0, 0.1) is 19.8 Å². The highest BCUT2D eigenvalue weighted by Gasteiger charge is 2.26. The lowest BCUT2D eigenvalue weighted by atomic mass is 9.96. The van der Waals surface area contributed by atoms with Gasteiger partial charge in [0.1, 0.15) is 0 Å². The smallest absolute Gasteiger partial charge is 0.238 e. The standard InChI is InChI=1S/C22H26ClN3O2/c1-15-3-8-20(16(2)13-15)25-21(27)14-26-11-9-17(10-12-26)22(28)24-19-6-4-18(23)5-7-19/h3-8,13,17H,9-12,14H2,1-2H3,(H,24,28)(H,25,27). The lowest BCUT2D eigenvalue weighted by Crippen LogP contribution is -2.41. The number of hydrogen-bond acceptors (Lipinski definition) is 3. The Hall–Kier alpha value is -2.37. The van der Waals surface area contributed by atoms with E-state index in [0.29, 0.717) is 11.6 Å². The average molecular weight is 400 g/mol. The maximum absolute atomic E-state index is 12.4. The van der Waals surface area contributed by atoms with Crippen molar-refractivity contribution in [1.29, 1.82) is 0 Å². The number of nitrogens with one attached hydrogen (secondary N) is 2. The van der Waals surface area contributed by atoms with Gasteiger partial charge in [0.15, 0.2) is 0 Å². The number of halogens is 1. The van der Waals surface area contributed by atoms with Gasteiger partial charge in [0.2, 0.25) is 11.8 Å². The monoisotopic (exact) mass is 399 g/mol. The third kappa shape index (κ3) is 5.57. The lowest BCUT2D eigenvalue weighted by Gasteiger charge is -2.30. The van der Waals surface area contributed by atoms with Crippen LogP contribution in [0.1, 0.15) is 24.0 Å². The van der Waals surface area contributed by atoms with Crippen molar-refractivity contribution in [3.05, 3.63) is 58.6 Å². The molecule has 1 heterocycles. The van der Waals surface area contributed by atoms with Gasteiger partial charge in [0.05, 0.1) is 6.54 Å². The van der Waals surface area contributed by atoms with E-state index in [1.807, 2.05) is 26.0 Å². The summed E-state index contributed by atoms with van der Waals surface area (Å²) in [6, 6.07) is 13.1. The highest BCUT2D eigenvalue weighted by Crippen LogP contribution is 2.21. The summed E-state index contributed by atoms with van der Waals surface area (Å²) in [7, 11) is 0. The van der Waals surface area contributed by atoms with Gasteiger partial charge in [0.25, 0.3) is 0 Å². The van der Waals surface area contributed by atoms with Crippen molar-refractivity contribution in [3.63, 3.8) is 0 Å². The van der Waals surface area contributed by atoms with Crippen molar-refractivity contribution < 1.29 is 9.59 Å². The van der Waals surface area contributed by atoms with Gasteiger partial charge in [-0.2, -0.15) is 0 Å². The molecular weight excluding hydrogens is 374 g/mol. The first-order chi connectivity index (χ1) is 13.4. The van der Waals surface area contributed by atoms with Crippen molar-refractivity contribution in [3.8, 4) is 0 Å². The number of anilines is 2. The van der Waals surface area contributed by atoms with Crippen molar-refractivity contribution in [2.24, 2.45) is 5.92 Å². The van der Waals surface area contributed by atoms with E-state index in [2.05, 4.69) is 21.6 Å². The predicted octanol–water partition coefficient (Wildman–Crippen LogP) is 4.25. The summed E-state index contributed by atoms with van der Waals surface area (Å²) in [6.45, 7) is 5.84. The third-order valence-electron chi connectivity index (χ3n) is 5.09. The molecule has 2 amide bonds. The molecule has 0 aliphatic carbocycles. The second-order valence-electron chi connectivity index (χ2n) is 7.41. The maximum Gasteiger partial charge on any atom is 0.238 e. The zero-order valence-corrected chi connectivity index (χ0v) is 17.1. The Morgan fingerprint density at radius 2 is 1.71 bits per heavy atom. The number of aryl methyl sites for hydroxylation is 2. The van der Waals surface area contributed by atoms with Crippen LogP contribution in [0.25, 0.3) is 0 Å². The Balaban J connectivity index is 1.45. The molecule has 5 nitrogen and oxygen atoms in total. The maximum atomic E-state index is 12.4. The molecule has 1 fully saturated rings. The van der Waals surface area contributed by atoms with Gasteiger partial charge >= 0.3 is 0 Å². The van der Waals surface area contributed by atoms with E-state index >= 15 is 0 Å². The van der Waals surface area contributed by atoms with Gasteiger partial charge in [-0.1, -0.05) is 29.3 Å². The summed E-state index contributed by atoms with van der Waals surface area (Å²) in [5.41, 5.74) is 3.85. The first-order valence-electron chi connectivity index (χ1n) is 9.56. The van der Waals surface area contributed by atoms with Gasteiger partial charge < -0.3 is 10.6 Å². The van der Waals surface area contributed by atoms with Crippen LogP contribution >= 0.6 is 11.6 Å².